The lowest BCUT2D eigenvalue weighted by Crippen LogP contribution is -2.50. The van der Waals surface area contributed by atoms with Crippen LogP contribution in [-0.4, -0.2) is 47.8 Å². The molecule has 1 aromatic rings. The summed E-state index contributed by atoms with van der Waals surface area (Å²) < 4.78 is 1.12. The smallest absolute Gasteiger partial charge is 0.253 e. The van der Waals surface area contributed by atoms with Gasteiger partial charge in [0.2, 0.25) is 5.91 Å². The molecule has 0 radical (unpaired) electrons. The maximum Gasteiger partial charge on any atom is 0.253 e. The minimum atomic E-state index is 0.0556. The number of nitrogens with zero attached hydrogens (tertiary/aromatic N) is 2. The molecule has 0 unspecified atom stereocenters. The standard InChI is InChI=1S/C14H17IN2O2/c1-2-13(18)16-7-9-17(10-8-16)14(19)11-3-5-12(15)6-4-11/h3-6H,2,7-10H2,1H3. The molecule has 102 valence electrons. The van der Waals surface area contributed by atoms with Crippen LogP contribution >= 0.6 is 22.6 Å². The summed E-state index contributed by atoms with van der Waals surface area (Å²) in [6, 6.07) is 7.58. The van der Waals surface area contributed by atoms with Crippen molar-refractivity contribution >= 4 is 34.4 Å². The van der Waals surface area contributed by atoms with Gasteiger partial charge in [0.15, 0.2) is 0 Å². The van der Waals surface area contributed by atoms with E-state index in [1.165, 1.54) is 0 Å². The number of carbonyl (C=O) groups is 2. The summed E-state index contributed by atoms with van der Waals surface area (Å²) in [6.45, 7) is 4.39. The Kier molecular flexibility index (Phi) is 4.79. The van der Waals surface area contributed by atoms with Crippen molar-refractivity contribution in [3.05, 3.63) is 33.4 Å². The van der Waals surface area contributed by atoms with Crippen LogP contribution in [0.5, 0.6) is 0 Å². The molecule has 1 fully saturated rings. The highest BCUT2D eigenvalue weighted by molar-refractivity contribution is 14.1. The number of hydrogen-bond donors (Lipinski definition) is 0. The molecule has 1 saturated heterocycles. The quantitative estimate of drug-likeness (QED) is 0.745. The zero-order valence-electron chi connectivity index (χ0n) is 10.9. The number of amides is 2. The average molecular weight is 372 g/mol. The van der Waals surface area contributed by atoms with Crippen LogP contribution in [0.1, 0.15) is 23.7 Å². The van der Waals surface area contributed by atoms with Crippen molar-refractivity contribution in [2.45, 2.75) is 13.3 Å². The van der Waals surface area contributed by atoms with Crippen LogP contribution in [0.3, 0.4) is 0 Å². The first-order valence-electron chi connectivity index (χ1n) is 6.44. The first-order valence-corrected chi connectivity index (χ1v) is 7.52. The lowest BCUT2D eigenvalue weighted by atomic mass is 10.2. The molecule has 0 aromatic heterocycles. The monoisotopic (exact) mass is 372 g/mol. The largest absolute Gasteiger partial charge is 0.339 e. The molecule has 2 amide bonds. The van der Waals surface area contributed by atoms with Gasteiger partial charge in [0, 0.05) is 41.7 Å². The molecule has 1 heterocycles. The zero-order chi connectivity index (χ0) is 13.8. The van der Waals surface area contributed by atoms with Crippen molar-refractivity contribution in [2.75, 3.05) is 26.2 Å². The summed E-state index contributed by atoms with van der Waals surface area (Å²) in [5, 5.41) is 0. The minimum Gasteiger partial charge on any atom is -0.339 e. The van der Waals surface area contributed by atoms with Gasteiger partial charge >= 0.3 is 0 Å². The molecular weight excluding hydrogens is 355 g/mol. The Labute approximate surface area is 126 Å². The van der Waals surface area contributed by atoms with Crippen LogP contribution in [-0.2, 0) is 4.79 Å². The van der Waals surface area contributed by atoms with Gasteiger partial charge in [-0.1, -0.05) is 6.92 Å². The van der Waals surface area contributed by atoms with Gasteiger partial charge in [0.1, 0.15) is 0 Å². The topological polar surface area (TPSA) is 40.6 Å². The van der Waals surface area contributed by atoms with E-state index in [1.54, 1.807) is 0 Å². The predicted octanol–water partition coefficient (Wildman–Crippen LogP) is 1.99. The Balaban J connectivity index is 1.96. The van der Waals surface area contributed by atoms with Crippen LogP contribution < -0.4 is 0 Å². The zero-order valence-corrected chi connectivity index (χ0v) is 13.1. The van der Waals surface area contributed by atoms with E-state index < -0.39 is 0 Å². The summed E-state index contributed by atoms with van der Waals surface area (Å²) in [5.74, 6) is 0.223. The molecule has 1 aliphatic heterocycles. The van der Waals surface area contributed by atoms with Gasteiger partial charge in [0.25, 0.3) is 5.91 Å². The van der Waals surface area contributed by atoms with E-state index in [0.717, 1.165) is 9.13 Å². The molecule has 0 saturated carbocycles. The Morgan fingerprint density at radius 3 is 2.11 bits per heavy atom. The van der Waals surface area contributed by atoms with Crippen molar-refractivity contribution in [1.29, 1.82) is 0 Å². The Bertz CT molecular complexity index is 465. The third kappa shape index (κ3) is 3.46. The van der Waals surface area contributed by atoms with Gasteiger partial charge in [-0.3, -0.25) is 9.59 Å². The SMILES string of the molecule is CCC(=O)N1CCN(C(=O)c2ccc(I)cc2)CC1. The van der Waals surface area contributed by atoms with E-state index >= 15 is 0 Å². The molecule has 4 nitrogen and oxygen atoms in total. The maximum absolute atomic E-state index is 12.3. The molecule has 0 aliphatic carbocycles. The Hall–Kier alpha value is -1.11. The van der Waals surface area contributed by atoms with Crippen LogP contribution in [0.4, 0.5) is 0 Å². The maximum atomic E-state index is 12.3. The van der Waals surface area contributed by atoms with E-state index in [-0.39, 0.29) is 11.8 Å². The van der Waals surface area contributed by atoms with Gasteiger partial charge in [-0.2, -0.15) is 0 Å². The van der Waals surface area contributed by atoms with Gasteiger partial charge in [-0.15, -0.1) is 0 Å². The van der Waals surface area contributed by atoms with E-state index in [0.29, 0.717) is 32.6 Å². The number of piperazine rings is 1. The summed E-state index contributed by atoms with van der Waals surface area (Å²) in [7, 11) is 0. The number of benzene rings is 1. The molecule has 0 N–H and O–H groups in total. The highest BCUT2D eigenvalue weighted by Gasteiger charge is 2.23. The molecule has 0 spiro atoms. The summed E-state index contributed by atoms with van der Waals surface area (Å²) in [5.41, 5.74) is 0.718. The fourth-order valence-electron chi connectivity index (χ4n) is 2.16. The first kappa shape index (κ1) is 14.3. The summed E-state index contributed by atoms with van der Waals surface area (Å²) in [6.07, 6.45) is 0.533. The second kappa shape index (κ2) is 6.36. The molecule has 0 atom stereocenters. The van der Waals surface area contributed by atoms with Crippen molar-refractivity contribution in [3.8, 4) is 0 Å². The first-order chi connectivity index (χ1) is 9.11. The number of carbonyl (C=O) groups excluding carboxylic acids is 2. The highest BCUT2D eigenvalue weighted by atomic mass is 127. The second-order valence-electron chi connectivity index (χ2n) is 4.53. The molecule has 0 bridgehead atoms. The normalized spacial score (nSPS) is 15.5. The van der Waals surface area contributed by atoms with E-state index in [4.69, 9.17) is 0 Å². The molecule has 5 heteroatoms. The number of rotatable bonds is 2. The number of hydrogen-bond acceptors (Lipinski definition) is 2. The second-order valence-corrected chi connectivity index (χ2v) is 5.78. The number of halogens is 1. The third-order valence-electron chi connectivity index (χ3n) is 3.31. The minimum absolute atomic E-state index is 0.0556. The van der Waals surface area contributed by atoms with E-state index in [1.807, 2.05) is 41.0 Å². The average Bonchev–Trinajstić information content (AvgIpc) is 2.46. The third-order valence-corrected chi connectivity index (χ3v) is 4.03. The van der Waals surface area contributed by atoms with Gasteiger partial charge in [0.05, 0.1) is 0 Å². The summed E-state index contributed by atoms with van der Waals surface area (Å²) >= 11 is 2.22. The predicted molar refractivity (Wildman–Crippen MR) is 81.9 cm³/mol. The molecule has 1 aromatic carbocycles. The van der Waals surface area contributed by atoms with Gasteiger partial charge in [-0.25, -0.2) is 0 Å². The fourth-order valence-corrected chi connectivity index (χ4v) is 2.52. The van der Waals surface area contributed by atoms with Crippen molar-refractivity contribution in [2.24, 2.45) is 0 Å². The lowest BCUT2D eigenvalue weighted by Gasteiger charge is -2.34. The lowest BCUT2D eigenvalue weighted by molar-refractivity contribution is -0.132. The highest BCUT2D eigenvalue weighted by Crippen LogP contribution is 2.12. The Morgan fingerprint density at radius 1 is 1.05 bits per heavy atom. The van der Waals surface area contributed by atoms with Crippen molar-refractivity contribution in [1.82, 2.24) is 9.80 Å². The fraction of sp³-hybridized carbons (Fsp3) is 0.429. The molecule has 2 rings (SSSR count). The Morgan fingerprint density at radius 2 is 1.58 bits per heavy atom. The van der Waals surface area contributed by atoms with Crippen molar-refractivity contribution in [3.63, 3.8) is 0 Å². The van der Waals surface area contributed by atoms with Gasteiger partial charge < -0.3 is 9.80 Å². The van der Waals surface area contributed by atoms with Crippen LogP contribution in [0.2, 0.25) is 0 Å². The van der Waals surface area contributed by atoms with E-state index in [9.17, 15) is 9.59 Å². The van der Waals surface area contributed by atoms with Gasteiger partial charge in [-0.05, 0) is 46.9 Å². The van der Waals surface area contributed by atoms with Crippen LogP contribution in [0.25, 0.3) is 0 Å². The summed E-state index contributed by atoms with van der Waals surface area (Å²) in [4.78, 5) is 27.5. The molecular formula is C14H17IN2O2. The molecule has 19 heavy (non-hydrogen) atoms. The van der Waals surface area contributed by atoms with Crippen LogP contribution in [0, 0.1) is 3.57 Å². The van der Waals surface area contributed by atoms with Crippen LogP contribution in [0.15, 0.2) is 24.3 Å². The molecule has 1 aliphatic rings. The van der Waals surface area contributed by atoms with E-state index in [2.05, 4.69) is 22.6 Å². The van der Waals surface area contributed by atoms with Crippen molar-refractivity contribution < 1.29 is 9.59 Å².